The quantitative estimate of drug-likeness (QED) is 0.916. The number of carbonyl (C=O) groups excluding carboxylic acids is 1. The Labute approximate surface area is 123 Å². The van der Waals surface area contributed by atoms with Crippen molar-refractivity contribution in [2.45, 2.75) is 6.42 Å². The van der Waals surface area contributed by atoms with Crippen LogP contribution in [-0.2, 0) is 16.0 Å². The fourth-order valence-electron chi connectivity index (χ4n) is 3.16. The van der Waals surface area contributed by atoms with Gasteiger partial charge in [-0.05, 0) is 11.6 Å². The molecule has 1 amide bonds. The van der Waals surface area contributed by atoms with Crippen molar-refractivity contribution in [3.8, 4) is 0 Å². The first-order valence-electron chi connectivity index (χ1n) is 6.84. The van der Waals surface area contributed by atoms with Crippen molar-refractivity contribution in [1.29, 1.82) is 0 Å². The van der Waals surface area contributed by atoms with E-state index in [4.69, 9.17) is 16.3 Å². The van der Waals surface area contributed by atoms with Crippen molar-refractivity contribution < 1.29 is 14.6 Å². The molecule has 2 fully saturated rings. The van der Waals surface area contributed by atoms with Gasteiger partial charge in [-0.3, -0.25) is 4.79 Å². The average Bonchev–Trinajstić information content (AvgIpc) is 2.98. The first-order valence-corrected chi connectivity index (χ1v) is 7.22. The maximum Gasteiger partial charge on any atom is 0.227 e. The standard InChI is InChI=1S/C15H18ClNO3/c16-13-4-2-1-3-11(13)5-14(19)17-6-12-7-20-10-15(12,8-17)9-18/h1-4,12,18H,5-10H2/t12-,15-/m0/s1. The SMILES string of the molecule is O=C(Cc1ccccc1Cl)N1C[C@H]2COC[C@@]2(CO)C1. The molecule has 0 aliphatic carbocycles. The molecule has 108 valence electrons. The lowest BCUT2D eigenvalue weighted by molar-refractivity contribution is -0.130. The van der Waals surface area contributed by atoms with E-state index in [0.717, 1.165) is 5.56 Å². The maximum atomic E-state index is 12.4. The largest absolute Gasteiger partial charge is 0.396 e. The minimum Gasteiger partial charge on any atom is -0.396 e. The van der Waals surface area contributed by atoms with Crippen LogP contribution in [0.25, 0.3) is 0 Å². The molecule has 1 N–H and O–H groups in total. The van der Waals surface area contributed by atoms with Gasteiger partial charge in [0.1, 0.15) is 0 Å². The molecule has 0 spiro atoms. The summed E-state index contributed by atoms with van der Waals surface area (Å²) >= 11 is 6.09. The summed E-state index contributed by atoms with van der Waals surface area (Å²) in [6.45, 7) is 2.51. The van der Waals surface area contributed by atoms with Gasteiger partial charge in [-0.25, -0.2) is 0 Å². The highest BCUT2D eigenvalue weighted by Crippen LogP contribution is 2.41. The van der Waals surface area contributed by atoms with Crippen LogP contribution in [0.3, 0.4) is 0 Å². The average molecular weight is 296 g/mol. The Bertz CT molecular complexity index is 522. The molecule has 1 aromatic rings. The second kappa shape index (κ2) is 5.35. The van der Waals surface area contributed by atoms with Gasteiger partial charge >= 0.3 is 0 Å². The number of nitrogens with zero attached hydrogens (tertiary/aromatic N) is 1. The molecular formula is C15H18ClNO3. The highest BCUT2D eigenvalue weighted by atomic mass is 35.5. The van der Waals surface area contributed by atoms with Gasteiger partial charge in [0.05, 0.1) is 26.2 Å². The Hall–Kier alpha value is -1.10. The van der Waals surface area contributed by atoms with Gasteiger partial charge in [-0.15, -0.1) is 0 Å². The van der Waals surface area contributed by atoms with E-state index in [1.807, 2.05) is 23.1 Å². The fraction of sp³-hybridized carbons (Fsp3) is 0.533. The monoisotopic (exact) mass is 295 g/mol. The third-order valence-corrected chi connectivity index (χ3v) is 4.86. The van der Waals surface area contributed by atoms with Crippen LogP contribution in [-0.4, -0.2) is 48.8 Å². The number of rotatable bonds is 3. The molecule has 4 nitrogen and oxygen atoms in total. The smallest absolute Gasteiger partial charge is 0.227 e. The number of halogens is 1. The second-order valence-corrected chi connectivity index (χ2v) is 6.18. The van der Waals surface area contributed by atoms with E-state index in [1.54, 1.807) is 6.07 Å². The van der Waals surface area contributed by atoms with Crippen LogP contribution in [0.15, 0.2) is 24.3 Å². The van der Waals surface area contributed by atoms with Crippen molar-refractivity contribution in [3.05, 3.63) is 34.9 Å². The molecule has 2 aliphatic rings. The van der Waals surface area contributed by atoms with Crippen molar-refractivity contribution >= 4 is 17.5 Å². The summed E-state index contributed by atoms with van der Waals surface area (Å²) in [5.41, 5.74) is 0.599. The zero-order valence-electron chi connectivity index (χ0n) is 11.2. The summed E-state index contributed by atoms with van der Waals surface area (Å²) < 4.78 is 5.45. The van der Waals surface area contributed by atoms with Crippen LogP contribution in [0.4, 0.5) is 0 Å². The first kappa shape index (κ1) is 13.9. The van der Waals surface area contributed by atoms with Gasteiger partial charge in [0, 0.05) is 29.4 Å². The minimum absolute atomic E-state index is 0.0697. The summed E-state index contributed by atoms with van der Waals surface area (Å²) in [7, 11) is 0. The molecule has 2 aliphatic heterocycles. The minimum atomic E-state index is -0.254. The molecule has 0 aromatic heterocycles. The molecule has 0 radical (unpaired) electrons. The van der Waals surface area contributed by atoms with Gasteiger partial charge in [-0.2, -0.15) is 0 Å². The van der Waals surface area contributed by atoms with E-state index in [2.05, 4.69) is 0 Å². The van der Waals surface area contributed by atoms with Crippen LogP contribution in [0.5, 0.6) is 0 Å². The Balaban J connectivity index is 1.69. The molecule has 3 rings (SSSR count). The molecule has 2 heterocycles. The molecule has 0 bridgehead atoms. The molecule has 2 saturated heterocycles. The van der Waals surface area contributed by atoms with Crippen LogP contribution < -0.4 is 0 Å². The number of ether oxygens (including phenoxy) is 1. The van der Waals surface area contributed by atoms with Gasteiger partial charge in [0.15, 0.2) is 0 Å². The van der Waals surface area contributed by atoms with Crippen LogP contribution in [0.2, 0.25) is 5.02 Å². The van der Waals surface area contributed by atoms with Crippen molar-refractivity contribution in [2.75, 3.05) is 32.9 Å². The summed E-state index contributed by atoms with van der Waals surface area (Å²) in [6, 6.07) is 7.42. The fourth-order valence-corrected chi connectivity index (χ4v) is 3.36. The van der Waals surface area contributed by atoms with Crippen molar-refractivity contribution in [1.82, 2.24) is 4.90 Å². The molecule has 2 atom stereocenters. The van der Waals surface area contributed by atoms with Gasteiger partial charge in [0.25, 0.3) is 0 Å². The summed E-state index contributed by atoms with van der Waals surface area (Å²) in [4.78, 5) is 14.2. The molecular weight excluding hydrogens is 278 g/mol. The first-order chi connectivity index (χ1) is 9.64. The Morgan fingerprint density at radius 2 is 2.30 bits per heavy atom. The number of hydrogen-bond donors (Lipinski definition) is 1. The molecule has 20 heavy (non-hydrogen) atoms. The number of benzene rings is 1. The van der Waals surface area contributed by atoms with E-state index >= 15 is 0 Å². The van der Waals surface area contributed by atoms with E-state index < -0.39 is 0 Å². The third kappa shape index (κ3) is 2.32. The lowest BCUT2D eigenvalue weighted by Crippen LogP contribution is -2.36. The lowest BCUT2D eigenvalue weighted by Gasteiger charge is -2.24. The van der Waals surface area contributed by atoms with Crippen LogP contribution in [0, 0.1) is 11.3 Å². The highest BCUT2D eigenvalue weighted by molar-refractivity contribution is 6.31. The highest BCUT2D eigenvalue weighted by Gasteiger charge is 2.51. The van der Waals surface area contributed by atoms with Gasteiger partial charge in [-0.1, -0.05) is 29.8 Å². The molecule has 0 saturated carbocycles. The van der Waals surface area contributed by atoms with Gasteiger partial charge in [0.2, 0.25) is 5.91 Å². The summed E-state index contributed by atoms with van der Waals surface area (Å²) in [5.74, 6) is 0.322. The van der Waals surface area contributed by atoms with Crippen LogP contribution in [0.1, 0.15) is 5.56 Å². The molecule has 5 heteroatoms. The van der Waals surface area contributed by atoms with E-state index in [9.17, 15) is 9.90 Å². The van der Waals surface area contributed by atoms with Crippen molar-refractivity contribution in [2.24, 2.45) is 11.3 Å². The Kier molecular flexibility index (Phi) is 3.71. The molecule has 1 aromatic carbocycles. The van der Waals surface area contributed by atoms with E-state index in [1.165, 1.54) is 0 Å². The number of carbonyl (C=O) groups is 1. The number of fused-ring (bicyclic) bond motifs is 1. The number of aliphatic hydroxyl groups is 1. The summed E-state index contributed by atoms with van der Waals surface area (Å²) in [5, 5.41) is 10.2. The zero-order valence-corrected chi connectivity index (χ0v) is 12.0. The lowest BCUT2D eigenvalue weighted by atomic mass is 9.82. The zero-order chi connectivity index (χ0) is 14.2. The number of likely N-dealkylation sites (tertiary alicyclic amines) is 1. The molecule has 0 unspecified atom stereocenters. The summed E-state index contributed by atoms with van der Waals surface area (Å²) in [6.07, 6.45) is 0.314. The Morgan fingerprint density at radius 1 is 1.50 bits per heavy atom. The third-order valence-electron chi connectivity index (χ3n) is 4.49. The number of hydrogen-bond acceptors (Lipinski definition) is 3. The van der Waals surface area contributed by atoms with Crippen LogP contribution >= 0.6 is 11.6 Å². The van der Waals surface area contributed by atoms with E-state index in [-0.39, 0.29) is 23.8 Å². The second-order valence-electron chi connectivity index (χ2n) is 5.77. The predicted octanol–water partition coefficient (Wildman–Crippen LogP) is 1.35. The Morgan fingerprint density at radius 3 is 3.00 bits per heavy atom. The predicted molar refractivity (Wildman–Crippen MR) is 75.6 cm³/mol. The van der Waals surface area contributed by atoms with E-state index in [0.29, 0.717) is 37.7 Å². The van der Waals surface area contributed by atoms with Gasteiger partial charge < -0.3 is 14.7 Å². The maximum absolute atomic E-state index is 12.4. The number of amides is 1. The topological polar surface area (TPSA) is 49.8 Å². The van der Waals surface area contributed by atoms with Crippen molar-refractivity contribution in [3.63, 3.8) is 0 Å². The number of aliphatic hydroxyl groups excluding tert-OH is 1. The normalized spacial score (nSPS) is 28.7.